The Labute approximate surface area is 117 Å². The maximum atomic E-state index is 10.7. The minimum atomic E-state index is -0.932. The average Bonchev–Trinajstić information content (AvgIpc) is 2.67. The molecule has 18 heavy (non-hydrogen) atoms. The number of nitrogens with zero attached hydrogens (tertiary/aromatic N) is 1. The first-order valence-corrected chi connectivity index (χ1v) is 6.66. The largest absolute Gasteiger partial charge is 0.478 e. The maximum absolute atomic E-state index is 10.7. The number of hydrogen-bond acceptors (Lipinski definition) is 3. The monoisotopic (exact) mass is 302 g/mol. The summed E-state index contributed by atoms with van der Waals surface area (Å²) in [7, 11) is 0. The van der Waals surface area contributed by atoms with Gasteiger partial charge in [-0.3, -0.25) is 0 Å². The molecule has 0 aliphatic heterocycles. The van der Waals surface area contributed by atoms with Crippen LogP contribution < -0.4 is 0 Å². The number of nitrogens with one attached hydrogen (secondary N) is 1. The fourth-order valence-corrected chi connectivity index (χ4v) is 2.47. The summed E-state index contributed by atoms with van der Waals surface area (Å²) in [4.78, 5) is 17.5. The lowest BCUT2D eigenvalue weighted by molar-refractivity contribution is 0.0697. The first-order chi connectivity index (χ1) is 8.56. The Morgan fingerprint density at radius 2 is 2.00 bits per heavy atom. The molecule has 2 N–H and O–H groups in total. The van der Waals surface area contributed by atoms with E-state index in [1.165, 1.54) is 11.8 Å². The van der Waals surface area contributed by atoms with E-state index in [9.17, 15) is 4.79 Å². The van der Waals surface area contributed by atoms with Crippen LogP contribution in [0.5, 0.6) is 0 Å². The molecule has 0 radical (unpaired) electrons. The maximum Gasteiger partial charge on any atom is 0.335 e. The van der Waals surface area contributed by atoms with Crippen molar-refractivity contribution in [2.24, 2.45) is 0 Å². The SMILES string of the molecule is O=C(O)c1ccc(CSc2nc(Cl)c(Cl)[nH]2)cc1. The number of rotatable bonds is 4. The quantitative estimate of drug-likeness (QED) is 0.845. The van der Waals surface area contributed by atoms with E-state index in [-0.39, 0.29) is 10.7 Å². The van der Waals surface area contributed by atoms with Crippen LogP contribution in [0.4, 0.5) is 0 Å². The average molecular weight is 303 g/mol. The Kier molecular flexibility index (Phi) is 4.16. The third-order valence-electron chi connectivity index (χ3n) is 2.17. The molecule has 94 valence electrons. The van der Waals surface area contributed by atoms with Gasteiger partial charge in [0.05, 0.1) is 5.56 Å². The zero-order valence-electron chi connectivity index (χ0n) is 8.98. The Morgan fingerprint density at radius 3 is 2.50 bits per heavy atom. The van der Waals surface area contributed by atoms with Crippen molar-refractivity contribution in [2.45, 2.75) is 10.9 Å². The van der Waals surface area contributed by atoms with E-state index in [0.29, 0.717) is 16.1 Å². The van der Waals surface area contributed by atoms with Crippen molar-refractivity contribution in [1.82, 2.24) is 9.97 Å². The Balaban J connectivity index is 2.00. The van der Waals surface area contributed by atoms with Crippen LogP contribution in [0.3, 0.4) is 0 Å². The van der Waals surface area contributed by atoms with E-state index in [1.54, 1.807) is 24.3 Å². The van der Waals surface area contributed by atoms with E-state index in [4.69, 9.17) is 28.3 Å². The van der Waals surface area contributed by atoms with Gasteiger partial charge in [-0.05, 0) is 17.7 Å². The highest BCUT2D eigenvalue weighted by Gasteiger charge is 2.07. The van der Waals surface area contributed by atoms with E-state index in [0.717, 1.165) is 5.56 Å². The lowest BCUT2D eigenvalue weighted by atomic mass is 10.1. The van der Waals surface area contributed by atoms with Crippen LogP contribution in [0.2, 0.25) is 10.3 Å². The molecule has 1 heterocycles. The van der Waals surface area contributed by atoms with E-state index in [2.05, 4.69) is 9.97 Å². The molecule has 1 aromatic heterocycles. The number of carboxylic acids is 1. The molecule has 4 nitrogen and oxygen atoms in total. The van der Waals surface area contributed by atoms with Crippen LogP contribution in [0.15, 0.2) is 29.4 Å². The molecule has 2 rings (SSSR count). The molecule has 0 bridgehead atoms. The van der Waals surface area contributed by atoms with Crippen molar-refractivity contribution in [2.75, 3.05) is 0 Å². The van der Waals surface area contributed by atoms with Gasteiger partial charge in [-0.25, -0.2) is 9.78 Å². The molecule has 0 aliphatic rings. The standard InChI is InChI=1S/C11H8Cl2N2O2S/c12-8-9(13)15-11(14-8)18-5-6-1-3-7(4-2-6)10(16)17/h1-4H,5H2,(H,14,15)(H,16,17). The minimum Gasteiger partial charge on any atom is -0.478 e. The van der Waals surface area contributed by atoms with Crippen molar-refractivity contribution < 1.29 is 9.90 Å². The highest BCUT2D eigenvalue weighted by molar-refractivity contribution is 7.98. The van der Waals surface area contributed by atoms with Crippen LogP contribution in [0.1, 0.15) is 15.9 Å². The predicted octanol–water partition coefficient (Wildman–Crippen LogP) is 3.71. The van der Waals surface area contributed by atoms with Crippen molar-refractivity contribution in [1.29, 1.82) is 0 Å². The number of hydrogen-bond donors (Lipinski definition) is 2. The summed E-state index contributed by atoms with van der Waals surface area (Å²) in [6.07, 6.45) is 0. The Bertz CT molecular complexity index is 549. The number of aromatic nitrogens is 2. The summed E-state index contributed by atoms with van der Waals surface area (Å²) >= 11 is 12.9. The summed E-state index contributed by atoms with van der Waals surface area (Å²) in [6.45, 7) is 0. The van der Waals surface area contributed by atoms with Gasteiger partial charge in [0.1, 0.15) is 5.15 Å². The lowest BCUT2D eigenvalue weighted by Gasteiger charge is -2.00. The van der Waals surface area contributed by atoms with Crippen molar-refractivity contribution in [3.05, 3.63) is 45.7 Å². The molecule has 0 atom stereocenters. The van der Waals surface area contributed by atoms with Gasteiger partial charge >= 0.3 is 5.97 Å². The first kappa shape index (κ1) is 13.3. The molecule has 0 spiro atoms. The third kappa shape index (κ3) is 3.19. The molecule has 2 aromatic rings. The second-order valence-corrected chi connectivity index (χ2v) is 5.14. The van der Waals surface area contributed by atoms with Crippen LogP contribution in [0.25, 0.3) is 0 Å². The summed E-state index contributed by atoms with van der Waals surface area (Å²) in [5.41, 5.74) is 1.27. The molecule has 0 saturated carbocycles. The summed E-state index contributed by atoms with van der Waals surface area (Å²) in [6, 6.07) is 6.67. The van der Waals surface area contributed by atoms with Gasteiger partial charge in [-0.1, -0.05) is 47.1 Å². The van der Waals surface area contributed by atoms with Gasteiger partial charge in [0, 0.05) is 5.75 Å². The van der Waals surface area contributed by atoms with Crippen LogP contribution in [0, 0.1) is 0 Å². The van der Waals surface area contributed by atoms with Gasteiger partial charge in [0.2, 0.25) is 0 Å². The predicted molar refractivity (Wildman–Crippen MR) is 71.6 cm³/mol. The smallest absolute Gasteiger partial charge is 0.335 e. The second-order valence-electron chi connectivity index (χ2n) is 3.44. The van der Waals surface area contributed by atoms with Gasteiger partial charge in [-0.2, -0.15) is 0 Å². The Morgan fingerprint density at radius 1 is 1.33 bits per heavy atom. The number of carbonyl (C=O) groups is 1. The van der Waals surface area contributed by atoms with E-state index in [1.807, 2.05) is 0 Å². The topological polar surface area (TPSA) is 66.0 Å². The summed E-state index contributed by atoms with van der Waals surface area (Å²) in [5.74, 6) is -0.279. The fraction of sp³-hybridized carbons (Fsp3) is 0.0909. The zero-order chi connectivity index (χ0) is 13.1. The zero-order valence-corrected chi connectivity index (χ0v) is 11.3. The molecular formula is C11H8Cl2N2O2S. The van der Waals surface area contributed by atoms with Crippen molar-refractivity contribution in [3.63, 3.8) is 0 Å². The second kappa shape index (κ2) is 5.65. The number of carboxylic acid groups (broad SMARTS) is 1. The number of imidazole rings is 1. The molecule has 0 amide bonds. The van der Waals surface area contributed by atoms with Gasteiger partial charge in [0.25, 0.3) is 0 Å². The molecular weight excluding hydrogens is 295 g/mol. The van der Waals surface area contributed by atoms with Crippen molar-refractivity contribution in [3.8, 4) is 0 Å². The molecule has 0 fully saturated rings. The molecule has 0 unspecified atom stereocenters. The van der Waals surface area contributed by atoms with Crippen LogP contribution in [-0.2, 0) is 5.75 Å². The number of benzene rings is 1. The Hall–Kier alpha value is -1.17. The van der Waals surface area contributed by atoms with Gasteiger partial charge in [0.15, 0.2) is 10.3 Å². The highest BCUT2D eigenvalue weighted by atomic mass is 35.5. The van der Waals surface area contributed by atoms with Crippen molar-refractivity contribution >= 4 is 40.9 Å². The normalized spacial score (nSPS) is 10.6. The summed E-state index contributed by atoms with van der Waals surface area (Å²) < 4.78 is 0. The number of aromatic amines is 1. The third-order valence-corrected chi connectivity index (χ3v) is 3.76. The summed E-state index contributed by atoms with van der Waals surface area (Å²) in [5, 5.41) is 9.97. The van der Waals surface area contributed by atoms with E-state index >= 15 is 0 Å². The molecule has 7 heteroatoms. The van der Waals surface area contributed by atoms with Crippen LogP contribution >= 0.6 is 35.0 Å². The molecule has 1 aromatic carbocycles. The number of aromatic carboxylic acids is 1. The number of H-pyrrole nitrogens is 1. The number of thioether (sulfide) groups is 1. The lowest BCUT2D eigenvalue weighted by Crippen LogP contribution is -1.95. The first-order valence-electron chi connectivity index (χ1n) is 4.92. The minimum absolute atomic E-state index is 0.250. The van der Waals surface area contributed by atoms with Crippen LogP contribution in [-0.4, -0.2) is 21.0 Å². The fourth-order valence-electron chi connectivity index (χ4n) is 1.28. The molecule has 0 saturated heterocycles. The van der Waals surface area contributed by atoms with Gasteiger partial charge in [-0.15, -0.1) is 0 Å². The van der Waals surface area contributed by atoms with Gasteiger partial charge < -0.3 is 10.1 Å². The number of halogens is 2. The highest BCUT2D eigenvalue weighted by Crippen LogP contribution is 2.26. The molecule has 0 aliphatic carbocycles. The van der Waals surface area contributed by atoms with E-state index < -0.39 is 5.97 Å².